The minimum absolute atomic E-state index is 0.0758. The SMILES string of the molecule is CC1(C)c2ccccc2-c2ccc(C3=c4ccccc4=CC4c5ccc(C(c6ccc(-c7ccccc7)cc6)c6ccc7c(c6)C(c6ccccc6)(c6ccccc6)c6ccccc6-7)cc5OC34)cc21. The van der Waals surface area contributed by atoms with Gasteiger partial charge in [0.15, 0.2) is 0 Å². The van der Waals surface area contributed by atoms with E-state index < -0.39 is 5.41 Å². The van der Waals surface area contributed by atoms with Crippen LogP contribution in [0.15, 0.2) is 243 Å². The Hall–Kier alpha value is -8.26. The van der Waals surface area contributed by atoms with Crippen molar-refractivity contribution in [1.82, 2.24) is 0 Å². The minimum Gasteiger partial charge on any atom is -0.484 e. The smallest absolute Gasteiger partial charge is 0.135 e. The molecule has 3 unspecified atom stereocenters. The van der Waals surface area contributed by atoms with Crippen molar-refractivity contribution in [2.24, 2.45) is 0 Å². The summed E-state index contributed by atoms with van der Waals surface area (Å²) in [7, 11) is 0. The van der Waals surface area contributed by atoms with Crippen LogP contribution in [0.25, 0.3) is 45.0 Å². The summed E-state index contributed by atoms with van der Waals surface area (Å²) in [6.45, 7) is 4.74. The van der Waals surface area contributed by atoms with Crippen molar-refractivity contribution >= 4 is 11.6 Å². The second-order valence-corrected chi connectivity index (χ2v) is 20.2. The Morgan fingerprint density at radius 2 is 0.929 bits per heavy atom. The molecule has 3 aliphatic carbocycles. The van der Waals surface area contributed by atoms with Gasteiger partial charge in [-0.05, 0) is 112 Å². The largest absolute Gasteiger partial charge is 0.484 e. The van der Waals surface area contributed by atoms with Gasteiger partial charge in [0.2, 0.25) is 0 Å². The summed E-state index contributed by atoms with van der Waals surface area (Å²) < 4.78 is 7.40. The van der Waals surface area contributed by atoms with E-state index in [9.17, 15) is 0 Å². The van der Waals surface area contributed by atoms with Crippen LogP contribution in [0.1, 0.15) is 86.9 Å². The van der Waals surface area contributed by atoms with E-state index in [1.54, 1.807) is 0 Å². The quantitative estimate of drug-likeness (QED) is 0.145. The molecule has 0 N–H and O–H groups in total. The lowest BCUT2D eigenvalue weighted by atomic mass is 9.67. The van der Waals surface area contributed by atoms with Crippen LogP contribution in [-0.2, 0) is 10.8 Å². The zero-order chi connectivity index (χ0) is 46.6. The molecule has 3 atom stereocenters. The van der Waals surface area contributed by atoms with Crippen molar-refractivity contribution in [3.63, 3.8) is 0 Å². The Morgan fingerprint density at radius 3 is 1.67 bits per heavy atom. The maximum atomic E-state index is 7.40. The molecule has 10 aromatic carbocycles. The predicted octanol–water partition coefficient (Wildman–Crippen LogP) is 14.7. The van der Waals surface area contributed by atoms with E-state index in [0.29, 0.717) is 0 Å². The zero-order valence-corrected chi connectivity index (χ0v) is 39.3. The van der Waals surface area contributed by atoms with Crippen molar-refractivity contribution in [1.29, 1.82) is 0 Å². The Balaban J connectivity index is 0.928. The fourth-order valence-electron chi connectivity index (χ4n) is 13.0. The highest BCUT2D eigenvalue weighted by Crippen LogP contribution is 2.57. The molecule has 1 heteroatoms. The molecule has 0 fully saturated rings. The summed E-state index contributed by atoms with van der Waals surface area (Å²) in [5, 5.41) is 2.51. The lowest BCUT2D eigenvalue weighted by Gasteiger charge is -2.34. The van der Waals surface area contributed by atoms with Gasteiger partial charge in [-0.25, -0.2) is 0 Å². The Labute approximate surface area is 410 Å². The lowest BCUT2D eigenvalue weighted by Crippen LogP contribution is -2.39. The highest BCUT2D eigenvalue weighted by molar-refractivity contribution is 5.88. The molecule has 0 aromatic heterocycles. The molecule has 1 nitrogen and oxygen atoms in total. The van der Waals surface area contributed by atoms with E-state index in [2.05, 4.69) is 263 Å². The van der Waals surface area contributed by atoms with Crippen LogP contribution in [0.3, 0.4) is 0 Å². The van der Waals surface area contributed by atoms with E-state index in [1.807, 2.05) is 0 Å². The predicted molar refractivity (Wildman–Crippen MR) is 287 cm³/mol. The monoisotopic (exact) mass is 894 g/mol. The molecule has 332 valence electrons. The van der Waals surface area contributed by atoms with Crippen LogP contribution in [0.2, 0.25) is 0 Å². The van der Waals surface area contributed by atoms with E-state index in [4.69, 9.17) is 4.74 Å². The van der Waals surface area contributed by atoms with Crippen LogP contribution in [0.4, 0.5) is 0 Å². The van der Waals surface area contributed by atoms with E-state index in [-0.39, 0.29) is 23.4 Å². The minimum atomic E-state index is -0.504. The molecule has 70 heavy (non-hydrogen) atoms. The fraction of sp³-hybridized carbons (Fsp3) is 0.101. The fourth-order valence-corrected chi connectivity index (χ4v) is 13.0. The van der Waals surface area contributed by atoms with Gasteiger partial charge in [-0.3, -0.25) is 0 Å². The van der Waals surface area contributed by atoms with Crippen LogP contribution >= 0.6 is 0 Å². The number of benzene rings is 10. The van der Waals surface area contributed by atoms with Crippen molar-refractivity contribution in [3.05, 3.63) is 314 Å². The summed E-state index contributed by atoms with van der Waals surface area (Å²) in [5.74, 6) is 0.960. The van der Waals surface area contributed by atoms with Crippen LogP contribution in [0.5, 0.6) is 5.75 Å². The molecule has 4 aliphatic rings. The summed E-state index contributed by atoms with van der Waals surface area (Å²) in [4.78, 5) is 0. The molecule has 0 bridgehead atoms. The number of rotatable bonds is 7. The molecule has 0 saturated heterocycles. The Bertz CT molecular complexity index is 3790. The van der Waals surface area contributed by atoms with Crippen molar-refractivity contribution in [2.45, 2.75) is 42.6 Å². The summed E-state index contributed by atoms with van der Waals surface area (Å²) in [5.41, 5.74) is 22.4. The highest BCUT2D eigenvalue weighted by atomic mass is 16.5. The second-order valence-electron chi connectivity index (χ2n) is 20.2. The summed E-state index contributed by atoms with van der Waals surface area (Å²) >= 11 is 0. The standard InChI is InChI=1S/C69H50O/c1-68(2)60-28-16-14-26-54(60)56-37-35-49(41-62(56)68)66-53-25-13-12-20-47(53)40-59-58-39-36-50(43-64(58)70-67(59)66)65(46-32-30-45(31-33-46)44-18-6-3-7-19-44)48-34-38-57-55-27-15-17-29-61(55)69(63(57)42-48,51-21-8-4-9-22-51)52-23-10-5-11-24-52/h3-43,59,65,67H,1-2H3. The van der Waals surface area contributed by atoms with Crippen LogP contribution < -0.4 is 15.2 Å². The summed E-state index contributed by atoms with van der Waals surface area (Å²) in [6, 6.07) is 90.7. The lowest BCUT2D eigenvalue weighted by molar-refractivity contribution is 0.281. The average Bonchev–Trinajstić information content (AvgIpc) is 4.01. The molecule has 0 amide bonds. The van der Waals surface area contributed by atoms with Gasteiger partial charge in [-0.1, -0.05) is 250 Å². The molecule has 1 aliphatic heterocycles. The molecule has 0 spiro atoms. The molecular weight excluding hydrogens is 845 g/mol. The number of ether oxygens (including phenoxy) is 1. The van der Waals surface area contributed by atoms with Gasteiger partial charge in [0.25, 0.3) is 0 Å². The maximum Gasteiger partial charge on any atom is 0.135 e. The van der Waals surface area contributed by atoms with Crippen LogP contribution in [0, 0.1) is 0 Å². The average molecular weight is 895 g/mol. The van der Waals surface area contributed by atoms with Gasteiger partial charge in [0.1, 0.15) is 11.9 Å². The Kier molecular flexibility index (Phi) is 9.11. The number of hydrogen-bond acceptors (Lipinski definition) is 1. The zero-order valence-electron chi connectivity index (χ0n) is 39.3. The molecular formula is C69H50O. The molecule has 14 rings (SSSR count). The highest BCUT2D eigenvalue weighted by Gasteiger charge is 2.47. The molecule has 0 radical (unpaired) electrons. The summed E-state index contributed by atoms with van der Waals surface area (Å²) in [6.07, 6.45) is 2.29. The van der Waals surface area contributed by atoms with Crippen molar-refractivity contribution in [2.75, 3.05) is 0 Å². The van der Waals surface area contributed by atoms with E-state index in [1.165, 1.54) is 111 Å². The van der Waals surface area contributed by atoms with Gasteiger partial charge in [-0.2, -0.15) is 0 Å². The normalized spacial score (nSPS) is 17.4. The first-order valence-electron chi connectivity index (χ1n) is 24.8. The Morgan fingerprint density at radius 1 is 0.400 bits per heavy atom. The number of fused-ring (bicyclic) bond motifs is 10. The van der Waals surface area contributed by atoms with Crippen molar-refractivity contribution in [3.8, 4) is 39.1 Å². The third-order valence-electron chi connectivity index (χ3n) is 16.3. The molecule has 10 aromatic rings. The van der Waals surface area contributed by atoms with Gasteiger partial charge in [-0.15, -0.1) is 0 Å². The third kappa shape index (κ3) is 5.97. The number of hydrogen-bond donors (Lipinski definition) is 0. The third-order valence-corrected chi connectivity index (χ3v) is 16.3. The molecule has 1 heterocycles. The van der Waals surface area contributed by atoms with Crippen LogP contribution in [-0.4, -0.2) is 6.10 Å². The second kappa shape index (κ2) is 15.6. The van der Waals surface area contributed by atoms with Gasteiger partial charge >= 0.3 is 0 Å². The van der Waals surface area contributed by atoms with Gasteiger partial charge in [0, 0.05) is 28.4 Å². The first kappa shape index (κ1) is 40.8. The topological polar surface area (TPSA) is 9.23 Å². The first-order chi connectivity index (χ1) is 34.5. The van der Waals surface area contributed by atoms with E-state index >= 15 is 0 Å². The van der Waals surface area contributed by atoms with Gasteiger partial charge < -0.3 is 4.74 Å². The van der Waals surface area contributed by atoms with Gasteiger partial charge in [0.05, 0.1) is 5.41 Å². The maximum absolute atomic E-state index is 7.40. The first-order valence-corrected chi connectivity index (χ1v) is 24.8. The van der Waals surface area contributed by atoms with E-state index in [0.717, 1.165) is 5.75 Å². The van der Waals surface area contributed by atoms with Crippen molar-refractivity contribution < 1.29 is 4.74 Å². The molecule has 0 saturated carbocycles.